The second-order valence-electron chi connectivity index (χ2n) is 12.6. The van der Waals surface area contributed by atoms with Crippen molar-refractivity contribution in [1.29, 1.82) is 0 Å². The van der Waals surface area contributed by atoms with E-state index in [1.807, 2.05) is 24.3 Å². The number of anilines is 2. The molecule has 3 saturated heterocycles. The number of carbonyl (C=O) groups is 2. The molecule has 1 saturated carbocycles. The van der Waals surface area contributed by atoms with Crippen LogP contribution >= 0.6 is 23.2 Å². The Kier molecular flexibility index (Phi) is 7.51. The first kappa shape index (κ1) is 29.8. The Bertz CT molecular complexity index is 1720. The molecule has 0 radical (unpaired) electrons. The third-order valence-electron chi connectivity index (χ3n) is 9.90. The molecule has 4 unspecified atom stereocenters. The second-order valence-corrected chi connectivity index (χ2v) is 13.4. The van der Waals surface area contributed by atoms with Crippen molar-refractivity contribution < 1.29 is 28.2 Å². The number of hydrogen-bond donors (Lipinski definition) is 1. The van der Waals surface area contributed by atoms with Gasteiger partial charge in [-0.2, -0.15) is 0 Å². The van der Waals surface area contributed by atoms with Crippen molar-refractivity contribution in [2.45, 2.75) is 50.0 Å². The zero-order valence-electron chi connectivity index (χ0n) is 25.2. The number of benzene rings is 3. The van der Waals surface area contributed by atoms with Crippen molar-refractivity contribution in [3.05, 3.63) is 75.0 Å². The highest BCUT2D eigenvalue weighted by Crippen LogP contribution is 2.44. The lowest BCUT2D eigenvalue weighted by Crippen LogP contribution is -2.46. The molecule has 4 aliphatic heterocycles. The van der Waals surface area contributed by atoms with E-state index in [1.165, 1.54) is 18.1 Å². The van der Waals surface area contributed by atoms with Gasteiger partial charge >= 0.3 is 5.97 Å². The molecule has 8 rings (SSSR count). The molecule has 0 aromatic heterocycles. The van der Waals surface area contributed by atoms with E-state index >= 15 is 4.39 Å². The van der Waals surface area contributed by atoms with E-state index in [0.717, 1.165) is 38.0 Å². The number of morpholine rings is 1. The first-order valence-electron chi connectivity index (χ1n) is 15.6. The molecule has 4 atom stereocenters. The predicted octanol–water partition coefficient (Wildman–Crippen LogP) is 5.50. The number of ether oxygens (including phenoxy) is 3. The zero-order chi connectivity index (χ0) is 31.7. The number of hydrogen-bond acceptors (Lipinski definition) is 8. The molecule has 0 spiro atoms. The van der Waals surface area contributed by atoms with Crippen LogP contribution < -0.4 is 19.9 Å². The highest BCUT2D eigenvalue weighted by Gasteiger charge is 2.45. The number of esters is 1. The van der Waals surface area contributed by atoms with Gasteiger partial charge in [-0.3, -0.25) is 4.79 Å². The number of amides is 1. The van der Waals surface area contributed by atoms with Crippen molar-refractivity contribution in [1.82, 2.24) is 10.2 Å². The van der Waals surface area contributed by atoms with Gasteiger partial charge in [0.15, 0.2) is 6.73 Å². The van der Waals surface area contributed by atoms with E-state index < -0.39 is 11.8 Å². The molecule has 1 N–H and O–H groups in total. The van der Waals surface area contributed by atoms with Crippen LogP contribution in [0.5, 0.6) is 5.75 Å². The maximum absolute atomic E-state index is 15.9. The van der Waals surface area contributed by atoms with E-state index in [0.29, 0.717) is 63.5 Å². The molecule has 9 nitrogen and oxygen atoms in total. The minimum absolute atomic E-state index is 0.0683. The third kappa shape index (κ3) is 4.97. The lowest BCUT2D eigenvalue weighted by atomic mass is 9.96. The van der Waals surface area contributed by atoms with Crippen LogP contribution in [-0.4, -0.2) is 81.1 Å². The first-order valence-corrected chi connectivity index (χ1v) is 16.4. The number of carbonyl (C=O) groups excluding carboxylic acids is 2. The van der Waals surface area contributed by atoms with E-state index in [9.17, 15) is 9.59 Å². The summed E-state index contributed by atoms with van der Waals surface area (Å²) in [4.78, 5) is 32.6. The zero-order valence-corrected chi connectivity index (χ0v) is 26.7. The van der Waals surface area contributed by atoms with Gasteiger partial charge in [-0.05, 0) is 43.5 Å². The summed E-state index contributed by atoms with van der Waals surface area (Å²) in [6.45, 7) is 2.98. The molecule has 3 aromatic rings. The molecule has 3 aromatic carbocycles. The molecule has 5 aliphatic rings. The quantitative estimate of drug-likeness (QED) is 0.358. The second kappa shape index (κ2) is 11.6. The van der Waals surface area contributed by atoms with Crippen LogP contribution in [0.1, 0.15) is 45.5 Å². The number of halogens is 3. The van der Waals surface area contributed by atoms with Gasteiger partial charge in [0.1, 0.15) is 11.6 Å². The van der Waals surface area contributed by atoms with Crippen LogP contribution in [0.15, 0.2) is 42.5 Å². The number of rotatable bonds is 5. The summed E-state index contributed by atoms with van der Waals surface area (Å²) in [5.41, 5.74) is 3.50. The summed E-state index contributed by atoms with van der Waals surface area (Å²) in [5.74, 6) is -1.03. The molecule has 12 heteroatoms. The summed E-state index contributed by atoms with van der Waals surface area (Å²) in [6, 6.07) is 13.2. The summed E-state index contributed by atoms with van der Waals surface area (Å²) in [5, 5.41) is 4.07. The minimum Gasteiger partial charge on any atom is -0.472 e. The summed E-state index contributed by atoms with van der Waals surface area (Å²) in [7, 11) is 1.30. The smallest absolute Gasteiger partial charge is 0.340 e. The number of piperazine rings is 1. The number of nitrogens with zero attached hydrogens (tertiary/aromatic N) is 3. The molecule has 46 heavy (non-hydrogen) atoms. The van der Waals surface area contributed by atoms with Gasteiger partial charge in [0.2, 0.25) is 0 Å². The Morgan fingerprint density at radius 2 is 1.80 bits per heavy atom. The number of methoxy groups -OCH3 is 1. The molecule has 1 amide bonds. The Labute approximate surface area is 276 Å². The van der Waals surface area contributed by atoms with Crippen LogP contribution in [-0.2, 0) is 16.0 Å². The Morgan fingerprint density at radius 3 is 2.54 bits per heavy atom. The highest BCUT2D eigenvalue weighted by atomic mass is 35.5. The fourth-order valence-corrected chi connectivity index (χ4v) is 8.22. The van der Waals surface area contributed by atoms with Crippen molar-refractivity contribution in [2.75, 3.05) is 49.9 Å². The SMILES string of the molecule is COC(=O)c1cc(F)c(-c2cccc3c2OCN(C(=O)c2c(Cl)cc(N4CCNC5CC54)cc2Cl)C3)cc1N1C2CCC1COC2. The fourth-order valence-electron chi connectivity index (χ4n) is 7.58. The number of nitrogens with one attached hydrogen (secondary N) is 1. The Hall–Kier alpha value is -3.57. The van der Waals surface area contributed by atoms with Gasteiger partial charge in [-0.1, -0.05) is 41.4 Å². The predicted molar refractivity (Wildman–Crippen MR) is 173 cm³/mol. The van der Waals surface area contributed by atoms with Crippen molar-refractivity contribution in [2.24, 2.45) is 0 Å². The topological polar surface area (TPSA) is 83.6 Å². The normalized spacial score (nSPS) is 24.7. The Balaban J connectivity index is 1.09. The van der Waals surface area contributed by atoms with Crippen LogP contribution in [0.2, 0.25) is 10.0 Å². The van der Waals surface area contributed by atoms with E-state index in [2.05, 4.69) is 15.1 Å². The van der Waals surface area contributed by atoms with Crippen LogP contribution in [0.25, 0.3) is 11.1 Å². The third-order valence-corrected chi connectivity index (χ3v) is 10.5. The largest absolute Gasteiger partial charge is 0.472 e. The Morgan fingerprint density at radius 1 is 1.04 bits per heavy atom. The summed E-state index contributed by atoms with van der Waals surface area (Å²) in [6.07, 6.45) is 2.94. The molecule has 240 valence electrons. The van der Waals surface area contributed by atoms with E-state index in [1.54, 1.807) is 12.1 Å². The van der Waals surface area contributed by atoms with Gasteiger partial charge in [0.05, 0.1) is 65.8 Å². The maximum Gasteiger partial charge on any atom is 0.340 e. The monoisotopic (exact) mass is 666 g/mol. The molecule has 1 aliphatic carbocycles. The molecule has 4 fully saturated rings. The van der Waals surface area contributed by atoms with Gasteiger partial charge in [0, 0.05) is 47.6 Å². The van der Waals surface area contributed by atoms with E-state index in [4.69, 9.17) is 37.4 Å². The standard InChI is InChI=1S/C34H33Cl2FN4O5/c1-44-34(43)24-11-27(37)23(12-29(24)41-19-5-6-20(41)16-45-15-19)22-4-2-3-18-14-39(17-46-32(18)22)33(42)31-25(35)9-21(10-26(31)36)40-8-7-38-28-13-30(28)40/h2-4,9-12,19-20,28,30,38H,5-8,13-17H2,1H3. The molecular formula is C34H33Cl2FN4O5. The average Bonchev–Trinajstić information content (AvgIpc) is 3.82. The number of fused-ring (bicyclic) bond motifs is 4. The lowest BCUT2D eigenvalue weighted by Gasteiger charge is -2.38. The lowest BCUT2D eigenvalue weighted by molar-refractivity contribution is 0.0515. The van der Waals surface area contributed by atoms with Crippen LogP contribution in [0.4, 0.5) is 15.8 Å². The van der Waals surface area contributed by atoms with Crippen LogP contribution in [0.3, 0.4) is 0 Å². The van der Waals surface area contributed by atoms with Crippen molar-refractivity contribution >= 4 is 46.5 Å². The van der Waals surface area contributed by atoms with Crippen molar-refractivity contribution in [3.63, 3.8) is 0 Å². The van der Waals surface area contributed by atoms with Gasteiger partial charge in [-0.15, -0.1) is 0 Å². The molecule has 4 heterocycles. The fraction of sp³-hybridized carbons (Fsp3) is 0.412. The minimum atomic E-state index is -0.595. The van der Waals surface area contributed by atoms with Gasteiger partial charge in [-0.25, -0.2) is 9.18 Å². The van der Waals surface area contributed by atoms with Gasteiger partial charge in [0.25, 0.3) is 5.91 Å². The summed E-state index contributed by atoms with van der Waals surface area (Å²) < 4.78 is 32.8. The van der Waals surface area contributed by atoms with Crippen molar-refractivity contribution in [3.8, 4) is 16.9 Å². The maximum atomic E-state index is 15.9. The first-order chi connectivity index (χ1) is 22.3. The average molecular weight is 668 g/mol. The molecule has 2 bridgehead atoms. The van der Waals surface area contributed by atoms with E-state index in [-0.39, 0.29) is 42.4 Å². The summed E-state index contributed by atoms with van der Waals surface area (Å²) >= 11 is 13.4. The van der Waals surface area contributed by atoms with Crippen LogP contribution in [0, 0.1) is 5.82 Å². The number of para-hydroxylation sites is 1. The van der Waals surface area contributed by atoms with Gasteiger partial charge < -0.3 is 34.2 Å². The highest BCUT2D eigenvalue weighted by molar-refractivity contribution is 6.40. The molecular weight excluding hydrogens is 634 g/mol.